The molecule has 3 unspecified atom stereocenters. The number of phenolic OH excluding ortho intramolecular Hbond substituents is 1. The van der Waals surface area contributed by atoms with Gasteiger partial charge >= 0.3 is 6.01 Å². The van der Waals surface area contributed by atoms with Crippen LogP contribution in [0.2, 0.25) is 0 Å². The third-order valence-corrected chi connectivity index (χ3v) is 10.9. The second kappa shape index (κ2) is 10.5. The lowest BCUT2D eigenvalue weighted by Crippen LogP contribution is -2.51. The first-order chi connectivity index (χ1) is 22.8. The minimum absolute atomic E-state index is 0.0230. The molecule has 4 saturated heterocycles. The summed E-state index contributed by atoms with van der Waals surface area (Å²) in [6.07, 6.45) is 11.3. The van der Waals surface area contributed by atoms with Crippen LogP contribution in [0, 0.1) is 18.2 Å². The number of halogens is 2. The average Bonchev–Trinajstić information content (AvgIpc) is 3.79. The fraction of sp³-hybridized carbons (Fsp3) is 0.417. The Kier molecular flexibility index (Phi) is 6.40. The van der Waals surface area contributed by atoms with E-state index in [9.17, 15) is 9.50 Å². The topological polar surface area (TPSA) is 91.6 Å². The van der Waals surface area contributed by atoms with Crippen molar-refractivity contribution in [1.29, 1.82) is 0 Å². The van der Waals surface area contributed by atoms with Gasteiger partial charge in [0, 0.05) is 67.7 Å². The molecule has 0 radical (unpaired) electrons. The minimum Gasteiger partial charge on any atom is -0.508 e. The second-order valence-corrected chi connectivity index (χ2v) is 13.7. The van der Waals surface area contributed by atoms with Gasteiger partial charge in [-0.15, -0.1) is 6.42 Å². The molecule has 0 saturated carbocycles. The summed E-state index contributed by atoms with van der Waals surface area (Å²) in [4.78, 5) is 19.4. The molecule has 240 valence electrons. The first-order valence-corrected chi connectivity index (χ1v) is 16.4. The maximum absolute atomic E-state index is 15.0. The summed E-state index contributed by atoms with van der Waals surface area (Å²) >= 11 is 0. The third-order valence-electron chi connectivity index (χ3n) is 10.9. The number of hydrogen-bond acceptors (Lipinski definition) is 8. The Balaban J connectivity index is 1.25. The Labute approximate surface area is 270 Å². The van der Waals surface area contributed by atoms with E-state index in [1.165, 1.54) is 6.07 Å². The van der Waals surface area contributed by atoms with Crippen molar-refractivity contribution in [1.82, 2.24) is 29.7 Å². The van der Waals surface area contributed by atoms with Crippen molar-refractivity contribution < 1.29 is 18.6 Å². The van der Waals surface area contributed by atoms with Crippen LogP contribution in [-0.2, 0) is 7.05 Å². The van der Waals surface area contributed by atoms with Gasteiger partial charge in [-0.3, -0.25) is 9.88 Å². The van der Waals surface area contributed by atoms with Gasteiger partial charge in [-0.05, 0) is 61.9 Å². The Bertz CT molecular complexity index is 2130. The van der Waals surface area contributed by atoms with Gasteiger partial charge < -0.3 is 24.6 Å². The van der Waals surface area contributed by atoms with E-state index in [1.54, 1.807) is 24.4 Å². The Morgan fingerprint density at radius 3 is 2.77 bits per heavy atom. The van der Waals surface area contributed by atoms with Crippen LogP contribution in [0.5, 0.6) is 11.8 Å². The molecule has 9 nitrogen and oxygen atoms in total. The van der Waals surface area contributed by atoms with E-state index in [0.29, 0.717) is 59.3 Å². The summed E-state index contributed by atoms with van der Waals surface area (Å²) in [5.74, 6) is 2.82. The zero-order valence-electron chi connectivity index (χ0n) is 26.1. The van der Waals surface area contributed by atoms with Crippen molar-refractivity contribution in [3.05, 3.63) is 47.9 Å². The number of nitrogens with one attached hydrogen (secondary N) is 1. The largest absolute Gasteiger partial charge is 0.508 e. The summed E-state index contributed by atoms with van der Waals surface area (Å²) in [5.41, 5.74) is 2.28. The fourth-order valence-corrected chi connectivity index (χ4v) is 8.86. The number of terminal acetylenes is 1. The molecule has 4 aliphatic heterocycles. The number of ether oxygens (including phenoxy) is 1. The number of hydrogen-bond donors (Lipinski definition) is 2. The van der Waals surface area contributed by atoms with E-state index >= 15 is 4.39 Å². The SMILES string of the molecule is C#Cc1c(F)ccc2cc(O)cc(-c3nccc4c5c(N6CC7CCC(C6)N7)nc(OC[C@@]67CCCN6CC(F)C7)nc5n(C)c34)c12. The maximum Gasteiger partial charge on any atom is 0.320 e. The maximum atomic E-state index is 15.0. The monoisotopic (exact) mass is 635 g/mol. The van der Waals surface area contributed by atoms with Gasteiger partial charge in [-0.2, -0.15) is 9.97 Å². The molecule has 4 fully saturated rings. The van der Waals surface area contributed by atoms with Crippen LogP contribution < -0.4 is 15.0 Å². The van der Waals surface area contributed by atoms with Crippen LogP contribution in [-0.4, -0.2) is 86.1 Å². The quantitative estimate of drug-likeness (QED) is 0.259. The summed E-state index contributed by atoms with van der Waals surface area (Å²) in [7, 11) is 1.92. The van der Waals surface area contributed by atoms with Gasteiger partial charge in [0.15, 0.2) is 0 Å². The summed E-state index contributed by atoms with van der Waals surface area (Å²) in [6.45, 7) is 3.27. The first-order valence-electron chi connectivity index (χ1n) is 16.4. The highest BCUT2D eigenvalue weighted by atomic mass is 19.1. The number of anilines is 1. The lowest BCUT2D eigenvalue weighted by atomic mass is 9.95. The molecule has 11 heteroatoms. The molecule has 2 bridgehead atoms. The van der Waals surface area contributed by atoms with Crippen molar-refractivity contribution in [2.75, 3.05) is 37.7 Å². The predicted molar refractivity (Wildman–Crippen MR) is 177 cm³/mol. The lowest BCUT2D eigenvalue weighted by molar-refractivity contribution is 0.107. The average molecular weight is 636 g/mol. The minimum atomic E-state index is -0.852. The summed E-state index contributed by atoms with van der Waals surface area (Å²) in [6, 6.07) is 9.06. The van der Waals surface area contributed by atoms with Crippen LogP contribution in [0.15, 0.2) is 36.5 Å². The van der Waals surface area contributed by atoms with Gasteiger partial charge in [0.1, 0.15) is 35.8 Å². The van der Waals surface area contributed by atoms with E-state index < -0.39 is 12.0 Å². The van der Waals surface area contributed by atoms with Gasteiger partial charge in [-0.1, -0.05) is 12.0 Å². The molecule has 5 aromatic rings. The van der Waals surface area contributed by atoms with Crippen LogP contribution in [0.4, 0.5) is 14.6 Å². The molecule has 2 N–H and O–H groups in total. The number of benzene rings is 2. The van der Waals surface area contributed by atoms with Crippen LogP contribution >= 0.6 is 0 Å². The van der Waals surface area contributed by atoms with Crippen molar-refractivity contribution in [2.45, 2.75) is 55.9 Å². The molecule has 9 rings (SSSR count). The lowest BCUT2D eigenvalue weighted by Gasteiger charge is -2.34. The molecule has 47 heavy (non-hydrogen) atoms. The number of aromatic nitrogens is 4. The molecule has 7 heterocycles. The van der Waals surface area contributed by atoms with Gasteiger partial charge in [0.25, 0.3) is 0 Å². The van der Waals surface area contributed by atoms with Gasteiger partial charge in [0.2, 0.25) is 0 Å². The van der Waals surface area contributed by atoms with Crippen molar-refractivity contribution in [3.63, 3.8) is 0 Å². The Morgan fingerprint density at radius 2 is 1.96 bits per heavy atom. The zero-order valence-corrected chi connectivity index (χ0v) is 26.1. The summed E-state index contributed by atoms with van der Waals surface area (Å²) < 4.78 is 38.0. The molecular weight excluding hydrogens is 600 g/mol. The van der Waals surface area contributed by atoms with E-state index in [2.05, 4.69) is 21.0 Å². The number of piperazine rings is 1. The molecule has 4 aliphatic rings. The van der Waals surface area contributed by atoms with Crippen molar-refractivity contribution in [3.8, 4) is 35.4 Å². The highest BCUT2D eigenvalue weighted by molar-refractivity contribution is 6.17. The van der Waals surface area contributed by atoms with Crippen LogP contribution in [0.3, 0.4) is 0 Å². The fourth-order valence-electron chi connectivity index (χ4n) is 8.86. The smallest absolute Gasteiger partial charge is 0.320 e. The number of fused-ring (bicyclic) bond motifs is 7. The molecule has 3 aromatic heterocycles. The van der Waals surface area contributed by atoms with Gasteiger partial charge in [-0.25, -0.2) is 8.78 Å². The van der Waals surface area contributed by atoms with E-state index in [-0.39, 0.29) is 22.9 Å². The van der Waals surface area contributed by atoms with E-state index in [0.717, 1.165) is 67.4 Å². The van der Waals surface area contributed by atoms with Crippen LogP contribution in [0.1, 0.15) is 37.7 Å². The number of aromatic hydroxyl groups is 1. The molecule has 0 spiro atoms. The molecule has 0 aliphatic carbocycles. The first kappa shape index (κ1) is 28.7. The molecule has 0 amide bonds. The normalized spacial score (nSPS) is 25.7. The molecule has 4 atom stereocenters. The number of alkyl halides is 1. The number of nitrogens with zero attached hydrogens (tertiary/aromatic N) is 6. The number of aryl methyl sites for hydroxylation is 1. The molecular formula is C36H35F2N7O2. The van der Waals surface area contributed by atoms with E-state index in [1.807, 2.05) is 17.7 Å². The third kappa shape index (κ3) is 4.38. The predicted octanol–water partition coefficient (Wildman–Crippen LogP) is 5.06. The van der Waals surface area contributed by atoms with E-state index in [4.69, 9.17) is 26.1 Å². The Hall–Kier alpha value is -4.53. The van der Waals surface area contributed by atoms with Crippen molar-refractivity contribution in [2.24, 2.45) is 7.05 Å². The number of pyridine rings is 1. The van der Waals surface area contributed by atoms with Gasteiger partial charge in [0.05, 0.1) is 27.7 Å². The standard InChI is InChI=1S/C36H35F2N7O2/c1-3-25-28(38)8-5-20-13-24(46)14-27(29(20)25)31-32-26(9-11-39-31)30-33(43(32)2)41-35(42-34(30)44-17-22-6-7-23(18-44)40-22)47-19-36-10-4-12-45(36)16-21(37)15-36/h1,5,8-9,11,13-14,21-23,40,46H,4,6-7,10,12,15-19H2,2H3/t21?,22?,23?,36-/m0/s1. The highest BCUT2D eigenvalue weighted by Gasteiger charge is 2.49. The van der Waals surface area contributed by atoms with Crippen molar-refractivity contribution >= 4 is 38.5 Å². The second-order valence-electron chi connectivity index (χ2n) is 13.7. The Morgan fingerprint density at radius 1 is 1.13 bits per heavy atom. The number of phenols is 1. The summed E-state index contributed by atoms with van der Waals surface area (Å²) in [5, 5.41) is 17.3. The zero-order chi connectivity index (χ0) is 32.0. The number of rotatable bonds is 5. The highest BCUT2D eigenvalue weighted by Crippen LogP contribution is 2.44. The van der Waals surface area contributed by atoms with Crippen LogP contribution in [0.25, 0.3) is 44.0 Å². The molecule has 2 aromatic carbocycles.